The predicted octanol–water partition coefficient (Wildman–Crippen LogP) is 1.75. The molecule has 0 aliphatic rings. The third-order valence-electron chi connectivity index (χ3n) is 2.56. The maximum absolute atomic E-state index is 13.5. The van der Waals surface area contributed by atoms with Crippen LogP contribution >= 0.6 is 0 Å². The highest BCUT2D eigenvalue weighted by Crippen LogP contribution is 2.21. The number of amides is 1. The molecule has 0 spiro atoms. The molecule has 0 saturated carbocycles. The summed E-state index contributed by atoms with van der Waals surface area (Å²) in [4.78, 5) is 11.5. The zero-order valence-electron chi connectivity index (χ0n) is 10.9. The molecule has 0 heterocycles. The molecular weight excluding hydrogens is 235 g/mol. The molecule has 1 aromatic rings. The fourth-order valence-corrected chi connectivity index (χ4v) is 1.63. The monoisotopic (exact) mass is 254 g/mol. The van der Waals surface area contributed by atoms with Gasteiger partial charge in [-0.3, -0.25) is 4.79 Å². The molecule has 0 bridgehead atoms. The average Bonchev–Trinajstić information content (AvgIpc) is 2.27. The first-order chi connectivity index (χ1) is 8.43. The second kappa shape index (κ2) is 6.35. The molecule has 5 heteroatoms. The van der Waals surface area contributed by atoms with Crippen molar-refractivity contribution in [1.82, 2.24) is 5.32 Å². The van der Waals surface area contributed by atoms with E-state index in [1.807, 2.05) is 0 Å². The van der Waals surface area contributed by atoms with Crippen LogP contribution in [0.25, 0.3) is 0 Å². The molecule has 0 fully saturated rings. The lowest BCUT2D eigenvalue weighted by atomic mass is 10.1. The van der Waals surface area contributed by atoms with E-state index in [0.29, 0.717) is 5.56 Å². The average molecular weight is 254 g/mol. The number of rotatable bonds is 5. The van der Waals surface area contributed by atoms with Gasteiger partial charge in [-0.15, -0.1) is 0 Å². The molecule has 3 N–H and O–H groups in total. The maximum atomic E-state index is 13.5. The molecule has 2 atom stereocenters. The zero-order chi connectivity index (χ0) is 13.7. The fraction of sp³-hybridized carbons (Fsp3) is 0.462. The Morgan fingerprint density at radius 2 is 2.17 bits per heavy atom. The van der Waals surface area contributed by atoms with Gasteiger partial charge in [-0.05, 0) is 31.5 Å². The predicted molar refractivity (Wildman–Crippen MR) is 67.8 cm³/mol. The lowest BCUT2D eigenvalue weighted by molar-refractivity contribution is -0.122. The van der Waals surface area contributed by atoms with Crippen LogP contribution in [0.15, 0.2) is 18.2 Å². The van der Waals surface area contributed by atoms with Gasteiger partial charge in [-0.1, -0.05) is 6.07 Å². The van der Waals surface area contributed by atoms with Crippen molar-refractivity contribution in [1.29, 1.82) is 0 Å². The highest BCUT2D eigenvalue weighted by Gasteiger charge is 2.13. The van der Waals surface area contributed by atoms with E-state index in [4.69, 9.17) is 10.5 Å². The highest BCUT2D eigenvalue weighted by molar-refractivity contribution is 5.76. The Labute approximate surface area is 106 Å². The molecule has 0 aromatic heterocycles. The number of nitrogens with one attached hydrogen (secondary N) is 1. The number of carbonyl (C=O) groups excluding carboxylic acids is 1. The Morgan fingerprint density at radius 1 is 1.50 bits per heavy atom. The number of carbonyl (C=O) groups is 1. The molecule has 1 aromatic carbocycles. The first kappa shape index (κ1) is 14.4. The summed E-state index contributed by atoms with van der Waals surface area (Å²) in [6.07, 6.45) is 0.253. The van der Waals surface area contributed by atoms with Crippen LogP contribution in [0.2, 0.25) is 0 Å². The first-order valence-corrected chi connectivity index (χ1v) is 5.82. The van der Waals surface area contributed by atoms with Gasteiger partial charge in [0.15, 0.2) is 11.6 Å². The summed E-state index contributed by atoms with van der Waals surface area (Å²) in [5.41, 5.74) is 6.22. The minimum atomic E-state index is -0.441. The molecule has 0 aliphatic heterocycles. The van der Waals surface area contributed by atoms with Gasteiger partial charge in [0.1, 0.15) is 0 Å². The summed E-state index contributed by atoms with van der Waals surface area (Å²) in [7, 11) is 1.41. The van der Waals surface area contributed by atoms with Gasteiger partial charge in [0.05, 0.1) is 13.2 Å². The van der Waals surface area contributed by atoms with Crippen molar-refractivity contribution in [3.05, 3.63) is 29.6 Å². The number of ether oxygens (including phenoxy) is 1. The van der Waals surface area contributed by atoms with Crippen LogP contribution in [0, 0.1) is 5.82 Å². The third-order valence-corrected chi connectivity index (χ3v) is 2.56. The van der Waals surface area contributed by atoms with E-state index in [9.17, 15) is 9.18 Å². The van der Waals surface area contributed by atoms with Crippen LogP contribution in [-0.4, -0.2) is 19.1 Å². The van der Waals surface area contributed by atoms with Gasteiger partial charge < -0.3 is 15.8 Å². The van der Waals surface area contributed by atoms with Gasteiger partial charge in [-0.2, -0.15) is 0 Å². The van der Waals surface area contributed by atoms with E-state index in [1.54, 1.807) is 26.0 Å². The van der Waals surface area contributed by atoms with Crippen LogP contribution in [0.1, 0.15) is 31.9 Å². The molecule has 18 heavy (non-hydrogen) atoms. The number of nitrogens with two attached hydrogens (primary N) is 1. The van der Waals surface area contributed by atoms with Crippen molar-refractivity contribution < 1.29 is 13.9 Å². The number of methoxy groups -OCH3 is 1. The molecule has 0 saturated heterocycles. The molecule has 0 radical (unpaired) electrons. The van der Waals surface area contributed by atoms with Gasteiger partial charge in [-0.25, -0.2) is 4.39 Å². The Balaban J connectivity index is 2.69. The van der Waals surface area contributed by atoms with E-state index in [2.05, 4.69) is 5.32 Å². The fourth-order valence-electron chi connectivity index (χ4n) is 1.63. The summed E-state index contributed by atoms with van der Waals surface area (Å²) in [5, 5.41) is 2.77. The van der Waals surface area contributed by atoms with E-state index in [-0.39, 0.29) is 30.2 Å². The van der Waals surface area contributed by atoms with Gasteiger partial charge in [0, 0.05) is 12.5 Å². The largest absolute Gasteiger partial charge is 0.494 e. The molecule has 100 valence electrons. The molecule has 1 amide bonds. The Bertz CT molecular complexity index is 421. The second-order valence-corrected chi connectivity index (χ2v) is 4.36. The normalized spacial score (nSPS) is 13.8. The number of halogens is 1. The lowest BCUT2D eigenvalue weighted by Crippen LogP contribution is -2.31. The van der Waals surface area contributed by atoms with E-state index in [1.165, 1.54) is 13.2 Å². The van der Waals surface area contributed by atoms with Crippen molar-refractivity contribution in [3.63, 3.8) is 0 Å². The van der Waals surface area contributed by atoms with Crippen LogP contribution in [0.5, 0.6) is 5.75 Å². The Hall–Kier alpha value is -1.62. The van der Waals surface area contributed by atoms with Crippen LogP contribution in [-0.2, 0) is 4.79 Å². The lowest BCUT2D eigenvalue weighted by Gasteiger charge is -2.16. The SMILES string of the molecule is COc1ccc(C(C)NC(=O)CC(C)N)cc1F. The van der Waals surface area contributed by atoms with Crippen LogP contribution in [0.3, 0.4) is 0 Å². The maximum Gasteiger partial charge on any atom is 0.222 e. The summed E-state index contributed by atoms with van der Waals surface area (Å²) in [5.74, 6) is -0.398. The molecular formula is C13H19FN2O2. The minimum Gasteiger partial charge on any atom is -0.494 e. The summed E-state index contributed by atoms with van der Waals surface area (Å²) >= 11 is 0. The van der Waals surface area contributed by atoms with Crippen LogP contribution < -0.4 is 15.8 Å². The van der Waals surface area contributed by atoms with Gasteiger partial charge in [0.25, 0.3) is 0 Å². The summed E-state index contributed by atoms with van der Waals surface area (Å²) in [6.45, 7) is 3.55. The van der Waals surface area contributed by atoms with E-state index < -0.39 is 5.82 Å². The minimum absolute atomic E-state index is 0.145. The third kappa shape index (κ3) is 4.00. The van der Waals surface area contributed by atoms with Crippen molar-refractivity contribution in [2.24, 2.45) is 5.73 Å². The molecule has 2 unspecified atom stereocenters. The molecule has 1 rings (SSSR count). The van der Waals surface area contributed by atoms with Gasteiger partial charge >= 0.3 is 0 Å². The number of benzene rings is 1. The van der Waals surface area contributed by atoms with E-state index >= 15 is 0 Å². The van der Waals surface area contributed by atoms with Crippen molar-refractivity contribution in [2.75, 3.05) is 7.11 Å². The quantitative estimate of drug-likeness (QED) is 0.841. The Kier molecular flexibility index (Phi) is 5.09. The first-order valence-electron chi connectivity index (χ1n) is 5.82. The zero-order valence-corrected chi connectivity index (χ0v) is 10.9. The van der Waals surface area contributed by atoms with Crippen LogP contribution in [0.4, 0.5) is 4.39 Å². The van der Waals surface area contributed by atoms with E-state index in [0.717, 1.165) is 0 Å². The Morgan fingerprint density at radius 3 is 2.67 bits per heavy atom. The van der Waals surface area contributed by atoms with Crippen molar-refractivity contribution >= 4 is 5.91 Å². The standard InChI is InChI=1S/C13H19FN2O2/c1-8(15)6-13(17)16-9(2)10-4-5-12(18-3)11(14)7-10/h4-5,7-9H,6,15H2,1-3H3,(H,16,17). The number of hydrogen-bond acceptors (Lipinski definition) is 3. The van der Waals surface area contributed by atoms with Gasteiger partial charge in [0.2, 0.25) is 5.91 Å². The summed E-state index contributed by atoms with van der Waals surface area (Å²) < 4.78 is 18.3. The highest BCUT2D eigenvalue weighted by atomic mass is 19.1. The summed E-state index contributed by atoms with van der Waals surface area (Å²) in [6, 6.07) is 4.16. The topological polar surface area (TPSA) is 64.3 Å². The number of hydrogen-bond donors (Lipinski definition) is 2. The smallest absolute Gasteiger partial charge is 0.222 e. The second-order valence-electron chi connectivity index (χ2n) is 4.36. The molecule has 0 aliphatic carbocycles. The van der Waals surface area contributed by atoms with Crippen molar-refractivity contribution in [3.8, 4) is 5.75 Å². The van der Waals surface area contributed by atoms with Crippen molar-refractivity contribution in [2.45, 2.75) is 32.4 Å². The molecule has 4 nitrogen and oxygen atoms in total.